The second-order valence-electron chi connectivity index (χ2n) is 10.7. The van der Waals surface area contributed by atoms with E-state index in [0.717, 1.165) is 32.4 Å². The Bertz CT molecular complexity index is 967. The highest BCUT2D eigenvalue weighted by molar-refractivity contribution is 5.95. The molecule has 1 aliphatic carbocycles. The van der Waals surface area contributed by atoms with Gasteiger partial charge in [0.15, 0.2) is 11.5 Å². The van der Waals surface area contributed by atoms with Crippen molar-refractivity contribution < 1.29 is 28.6 Å². The van der Waals surface area contributed by atoms with Crippen LogP contribution in [0.5, 0.6) is 11.5 Å². The summed E-state index contributed by atoms with van der Waals surface area (Å²) in [5, 5.41) is 6.07. The molecule has 39 heavy (non-hydrogen) atoms. The van der Waals surface area contributed by atoms with Gasteiger partial charge in [0, 0.05) is 83.9 Å². The molecule has 1 aliphatic heterocycles. The zero-order chi connectivity index (χ0) is 28.4. The van der Waals surface area contributed by atoms with Gasteiger partial charge in [0.2, 0.25) is 11.8 Å². The quantitative estimate of drug-likeness (QED) is 0.306. The molecule has 1 aromatic carbocycles. The van der Waals surface area contributed by atoms with Gasteiger partial charge in [0.25, 0.3) is 5.91 Å². The summed E-state index contributed by atoms with van der Waals surface area (Å²) in [6, 6.07) is 5.58. The van der Waals surface area contributed by atoms with Gasteiger partial charge in [0.05, 0.1) is 13.7 Å². The van der Waals surface area contributed by atoms with Crippen molar-refractivity contribution in [2.45, 2.75) is 58.0 Å². The van der Waals surface area contributed by atoms with Crippen LogP contribution in [-0.2, 0) is 14.3 Å². The largest absolute Gasteiger partial charge is 0.493 e. The number of nitrogens with zero attached hydrogens (tertiary/aromatic N) is 2. The Morgan fingerprint density at radius 3 is 2.36 bits per heavy atom. The van der Waals surface area contributed by atoms with Crippen LogP contribution >= 0.6 is 0 Å². The third kappa shape index (κ3) is 8.83. The monoisotopic (exact) mass is 546 g/mol. The number of amides is 3. The number of carbonyl (C=O) groups excluding carboxylic acids is 3. The van der Waals surface area contributed by atoms with Crippen molar-refractivity contribution in [1.82, 2.24) is 20.4 Å². The number of nitrogens with one attached hydrogen (secondary N) is 2. The van der Waals surface area contributed by atoms with Crippen LogP contribution < -0.4 is 20.1 Å². The Morgan fingerprint density at radius 2 is 1.74 bits per heavy atom. The van der Waals surface area contributed by atoms with Crippen molar-refractivity contribution in [2.24, 2.45) is 11.8 Å². The molecule has 1 saturated heterocycles. The molecule has 0 unspecified atom stereocenters. The van der Waals surface area contributed by atoms with E-state index >= 15 is 0 Å². The second kappa shape index (κ2) is 15.1. The smallest absolute Gasteiger partial charge is 0.254 e. The predicted molar refractivity (Wildman–Crippen MR) is 149 cm³/mol. The van der Waals surface area contributed by atoms with Crippen LogP contribution in [0.4, 0.5) is 0 Å². The van der Waals surface area contributed by atoms with E-state index in [4.69, 9.17) is 14.2 Å². The molecule has 2 N–H and O–H groups in total. The molecule has 2 atom stereocenters. The highest BCUT2D eigenvalue weighted by Gasteiger charge is 2.38. The molecule has 2 aliphatic rings. The van der Waals surface area contributed by atoms with Gasteiger partial charge in [-0.2, -0.15) is 0 Å². The summed E-state index contributed by atoms with van der Waals surface area (Å²) in [4.78, 5) is 42.3. The van der Waals surface area contributed by atoms with Gasteiger partial charge < -0.3 is 34.6 Å². The lowest BCUT2D eigenvalue weighted by Gasteiger charge is -2.33. The topological polar surface area (TPSA) is 109 Å². The maximum absolute atomic E-state index is 13.7. The molecule has 10 nitrogen and oxygen atoms in total. The molecule has 0 aromatic heterocycles. The van der Waals surface area contributed by atoms with E-state index in [1.54, 1.807) is 39.5 Å². The minimum absolute atomic E-state index is 0.000598. The first-order valence-corrected chi connectivity index (χ1v) is 14.1. The fraction of sp³-hybridized carbons (Fsp3) is 0.690. The van der Waals surface area contributed by atoms with Crippen LogP contribution in [0.2, 0.25) is 0 Å². The molecular formula is C29H46N4O6. The van der Waals surface area contributed by atoms with Crippen molar-refractivity contribution >= 4 is 17.7 Å². The first-order chi connectivity index (χ1) is 18.8. The lowest BCUT2D eigenvalue weighted by atomic mass is 9.93. The number of rotatable bonds is 16. The van der Waals surface area contributed by atoms with E-state index < -0.39 is 0 Å². The van der Waals surface area contributed by atoms with Crippen LogP contribution in [0.15, 0.2) is 18.2 Å². The van der Waals surface area contributed by atoms with E-state index in [2.05, 4.69) is 10.6 Å². The summed E-state index contributed by atoms with van der Waals surface area (Å²) in [6.07, 6.45) is 3.20. The van der Waals surface area contributed by atoms with Crippen LogP contribution in [0.3, 0.4) is 0 Å². The maximum atomic E-state index is 13.7. The van der Waals surface area contributed by atoms with Gasteiger partial charge in [0.1, 0.15) is 0 Å². The summed E-state index contributed by atoms with van der Waals surface area (Å²) >= 11 is 0. The van der Waals surface area contributed by atoms with Crippen molar-refractivity contribution in [3.63, 3.8) is 0 Å². The van der Waals surface area contributed by atoms with Gasteiger partial charge >= 0.3 is 0 Å². The highest BCUT2D eigenvalue weighted by atomic mass is 16.5. The minimum Gasteiger partial charge on any atom is -0.493 e. The Hall–Kier alpha value is -2.85. The molecule has 1 saturated carbocycles. The number of hydrogen-bond donors (Lipinski definition) is 2. The number of benzene rings is 1. The fourth-order valence-corrected chi connectivity index (χ4v) is 5.05. The zero-order valence-electron chi connectivity index (χ0n) is 24.2. The number of ether oxygens (including phenoxy) is 3. The van der Waals surface area contributed by atoms with Gasteiger partial charge in [-0.25, -0.2) is 0 Å². The first kappa shape index (κ1) is 30.7. The molecule has 2 fully saturated rings. The molecule has 0 radical (unpaired) electrons. The maximum Gasteiger partial charge on any atom is 0.254 e. The second-order valence-corrected chi connectivity index (χ2v) is 10.7. The third-order valence-electron chi connectivity index (χ3n) is 7.54. The number of methoxy groups -OCH3 is 2. The molecular weight excluding hydrogens is 500 g/mol. The predicted octanol–water partition coefficient (Wildman–Crippen LogP) is 2.31. The standard InChI is InChI=1S/C29H46N4O6/c1-20(2)32(29(36)21-7-10-25(38-5)26(15-21)39-14-6-13-37-4)18-22-16-31-17-23(22)19-33(24-8-9-24)28(35)12-11-27(34)30-3/h7,10,15,20,22-24,31H,6,8-9,11-14,16-19H2,1-5H3,(H,30,34)/t22-,23+/m1/s1. The lowest BCUT2D eigenvalue weighted by Crippen LogP contribution is -2.45. The molecule has 0 bridgehead atoms. The molecule has 0 spiro atoms. The van der Waals surface area contributed by atoms with Crippen LogP contribution in [-0.4, -0.2) is 100 Å². The van der Waals surface area contributed by atoms with Crippen molar-refractivity contribution in [1.29, 1.82) is 0 Å². The van der Waals surface area contributed by atoms with Crippen LogP contribution in [0, 0.1) is 11.8 Å². The molecule has 1 aromatic rings. The molecule has 218 valence electrons. The highest BCUT2D eigenvalue weighted by Crippen LogP contribution is 2.32. The van der Waals surface area contributed by atoms with Crippen LogP contribution in [0.1, 0.15) is 56.3 Å². The zero-order valence-corrected chi connectivity index (χ0v) is 24.2. The van der Waals surface area contributed by atoms with Gasteiger partial charge in [-0.05, 0) is 56.7 Å². The van der Waals surface area contributed by atoms with Gasteiger partial charge in [-0.1, -0.05) is 0 Å². The van der Waals surface area contributed by atoms with Crippen molar-refractivity contribution in [3.8, 4) is 11.5 Å². The summed E-state index contributed by atoms with van der Waals surface area (Å²) < 4.78 is 16.4. The SMILES string of the molecule is CNC(=O)CCC(=O)N(C[C@@H]1CNC[C@@H]1CN(C(=O)c1ccc(OC)c(OCCCOC)c1)C(C)C)C1CC1. The Balaban J connectivity index is 1.68. The summed E-state index contributed by atoms with van der Waals surface area (Å²) in [7, 11) is 4.82. The van der Waals surface area contributed by atoms with E-state index in [1.807, 2.05) is 23.6 Å². The summed E-state index contributed by atoms with van der Waals surface area (Å²) in [6.45, 7) is 7.95. The molecule has 1 heterocycles. The molecule has 3 amide bonds. The number of hydrogen-bond acceptors (Lipinski definition) is 7. The average Bonchev–Trinajstić information content (AvgIpc) is 3.69. The van der Waals surface area contributed by atoms with Crippen LogP contribution in [0.25, 0.3) is 0 Å². The lowest BCUT2D eigenvalue weighted by molar-refractivity contribution is -0.134. The van der Waals surface area contributed by atoms with Crippen molar-refractivity contribution in [2.75, 3.05) is 60.7 Å². The fourth-order valence-electron chi connectivity index (χ4n) is 5.05. The first-order valence-electron chi connectivity index (χ1n) is 14.1. The van der Waals surface area contributed by atoms with E-state index in [-0.39, 0.29) is 54.5 Å². The Morgan fingerprint density at radius 1 is 1.03 bits per heavy atom. The Kier molecular flexibility index (Phi) is 11.9. The van der Waals surface area contributed by atoms with Crippen molar-refractivity contribution in [3.05, 3.63) is 23.8 Å². The van der Waals surface area contributed by atoms with Gasteiger partial charge in [-0.15, -0.1) is 0 Å². The van der Waals surface area contributed by atoms with E-state index in [1.165, 1.54) is 0 Å². The molecule has 3 rings (SSSR count). The summed E-state index contributed by atoms with van der Waals surface area (Å²) in [5.74, 6) is 1.44. The summed E-state index contributed by atoms with van der Waals surface area (Å²) in [5.41, 5.74) is 0.553. The number of carbonyl (C=O) groups is 3. The minimum atomic E-state index is -0.118. The average molecular weight is 547 g/mol. The van der Waals surface area contributed by atoms with E-state index in [9.17, 15) is 14.4 Å². The normalized spacial score (nSPS) is 18.6. The van der Waals surface area contributed by atoms with E-state index in [0.29, 0.717) is 43.4 Å². The Labute approximate surface area is 232 Å². The third-order valence-corrected chi connectivity index (χ3v) is 7.54. The van der Waals surface area contributed by atoms with Gasteiger partial charge in [-0.3, -0.25) is 14.4 Å². The molecule has 10 heteroatoms.